The van der Waals surface area contributed by atoms with Gasteiger partial charge in [-0.3, -0.25) is 18.9 Å². The van der Waals surface area contributed by atoms with Gasteiger partial charge in [0.25, 0.3) is 5.56 Å². The number of aromatic amines is 1. The van der Waals surface area contributed by atoms with E-state index >= 15 is 0 Å². The van der Waals surface area contributed by atoms with E-state index in [0.29, 0.717) is 0 Å². The van der Waals surface area contributed by atoms with Gasteiger partial charge >= 0.3 is 21.3 Å². The van der Waals surface area contributed by atoms with Crippen molar-refractivity contribution in [2.24, 2.45) is 0 Å². The molecular formula is C9H14N2O12P2. The Labute approximate surface area is 138 Å². The molecule has 2 heterocycles. The lowest BCUT2D eigenvalue weighted by Gasteiger charge is -2.17. The molecule has 2 rings (SSSR count). The van der Waals surface area contributed by atoms with Crippen LogP contribution in [0.3, 0.4) is 0 Å². The second-order valence-electron chi connectivity index (χ2n) is 4.90. The summed E-state index contributed by atoms with van der Waals surface area (Å²) in [6, 6.07) is 0.962. The van der Waals surface area contributed by atoms with Crippen LogP contribution in [0.4, 0.5) is 0 Å². The first kappa shape index (κ1) is 20.1. The van der Waals surface area contributed by atoms with Crippen molar-refractivity contribution in [1.82, 2.24) is 9.55 Å². The Hall–Kier alpha value is -1.18. The average Bonchev–Trinajstić information content (AvgIpc) is 2.71. The van der Waals surface area contributed by atoms with Crippen LogP contribution in [-0.4, -0.2) is 59.4 Å². The zero-order valence-electron chi connectivity index (χ0n) is 12.1. The predicted molar refractivity (Wildman–Crippen MR) is 76.2 cm³/mol. The summed E-state index contributed by atoms with van der Waals surface area (Å²) in [5.74, 6) is 0. The Morgan fingerprint density at radius 2 is 1.92 bits per heavy atom. The summed E-state index contributed by atoms with van der Waals surface area (Å²) in [7, 11) is -10.5. The quantitative estimate of drug-likeness (QED) is 0.268. The third kappa shape index (κ3) is 5.15. The van der Waals surface area contributed by atoms with Crippen LogP contribution in [0, 0.1) is 0 Å². The number of nitrogens with zero attached hydrogens (tertiary/aromatic N) is 1. The van der Waals surface area contributed by atoms with E-state index in [-0.39, 0.29) is 0 Å². The topological polar surface area (TPSA) is 218 Å². The van der Waals surface area contributed by atoms with E-state index in [1.807, 2.05) is 4.98 Å². The summed E-state index contributed by atoms with van der Waals surface area (Å²) in [5, 5.41) is 19.8. The summed E-state index contributed by atoms with van der Waals surface area (Å²) in [6.07, 6.45) is -5.25. The van der Waals surface area contributed by atoms with E-state index in [1.54, 1.807) is 0 Å². The van der Waals surface area contributed by atoms with E-state index in [1.165, 1.54) is 0 Å². The van der Waals surface area contributed by atoms with E-state index in [2.05, 4.69) is 8.83 Å². The van der Waals surface area contributed by atoms with Gasteiger partial charge in [-0.15, -0.1) is 0 Å². The molecule has 16 heteroatoms. The van der Waals surface area contributed by atoms with Crippen LogP contribution in [0.1, 0.15) is 6.23 Å². The molecular weight excluding hydrogens is 392 g/mol. The fourth-order valence-electron chi connectivity index (χ4n) is 2.05. The van der Waals surface area contributed by atoms with Gasteiger partial charge < -0.3 is 29.6 Å². The van der Waals surface area contributed by atoms with Crippen LogP contribution in [-0.2, 0) is 22.7 Å². The van der Waals surface area contributed by atoms with Gasteiger partial charge in [0.1, 0.15) is 18.3 Å². The van der Waals surface area contributed by atoms with Crippen molar-refractivity contribution < 1.29 is 47.6 Å². The molecule has 6 N–H and O–H groups in total. The number of aliphatic hydroxyl groups is 2. The van der Waals surface area contributed by atoms with Crippen LogP contribution in [0.5, 0.6) is 0 Å². The van der Waals surface area contributed by atoms with E-state index < -0.39 is 58.0 Å². The van der Waals surface area contributed by atoms with E-state index in [9.17, 15) is 28.9 Å². The Morgan fingerprint density at radius 3 is 2.48 bits per heavy atom. The maximum Gasteiger partial charge on any atom is 0.481 e. The molecule has 25 heavy (non-hydrogen) atoms. The number of rotatable bonds is 6. The number of aromatic nitrogens is 2. The van der Waals surface area contributed by atoms with E-state index in [4.69, 9.17) is 19.4 Å². The number of H-pyrrole nitrogens is 1. The molecule has 1 aliphatic rings. The summed E-state index contributed by atoms with van der Waals surface area (Å²) < 4.78 is 35.6. The number of ether oxygens (including phenoxy) is 1. The van der Waals surface area contributed by atoms with Gasteiger partial charge in [-0.1, -0.05) is 0 Å². The molecule has 0 amide bonds. The lowest BCUT2D eigenvalue weighted by atomic mass is 10.2. The molecule has 14 nitrogen and oxygen atoms in total. The number of hydrogen-bond acceptors (Lipinski definition) is 9. The molecule has 1 fully saturated rings. The Balaban J connectivity index is 2.09. The summed E-state index contributed by atoms with van der Waals surface area (Å²) in [5.41, 5.74) is -1.65. The van der Waals surface area contributed by atoms with E-state index in [0.717, 1.165) is 16.8 Å². The molecule has 1 unspecified atom stereocenters. The highest BCUT2D eigenvalue weighted by Gasteiger charge is 2.45. The Bertz CT molecular complexity index is 828. The minimum Gasteiger partial charge on any atom is -0.387 e. The van der Waals surface area contributed by atoms with Crippen LogP contribution in [0.15, 0.2) is 21.9 Å². The maximum absolute atomic E-state index is 11.7. The zero-order chi connectivity index (χ0) is 19.0. The third-order valence-corrected chi connectivity index (χ3v) is 5.23. The zero-order valence-corrected chi connectivity index (χ0v) is 13.9. The largest absolute Gasteiger partial charge is 0.481 e. The first-order valence-electron chi connectivity index (χ1n) is 6.47. The molecule has 0 saturated carbocycles. The fraction of sp³-hybridized carbons (Fsp3) is 0.556. The monoisotopic (exact) mass is 406 g/mol. The molecule has 0 aliphatic carbocycles. The summed E-state index contributed by atoms with van der Waals surface area (Å²) >= 11 is 0. The number of nitrogens with one attached hydrogen (secondary N) is 1. The second kappa shape index (κ2) is 7.21. The number of phosphoric acid groups is 2. The highest BCUT2D eigenvalue weighted by atomic mass is 31.3. The standard InChI is InChI=1S/C9H14N2O12P2/c12-5-1-2-11(9(15)10-5)8-7(14)6(13)4(22-8)3-21-25(19,20)23-24(16,17)18/h1-2,4,6-8,13-14H,3H2,(H,19,20)(H,10,12,15)(H2,16,17,18)/t4-,6-,7-,8-/m1/s1/i8+2. The summed E-state index contributed by atoms with van der Waals surface area (Å²) in [6.45, 7) is -0.902. The van der Waals surface area contributed by atoms with Crippen molar-refractivity contribution >= 4 is 15.6 Å². The molecule has 5 atom stereocenters. The molecule has 1 aromatic heterocycles. The highest BCUT2D eigenvalue weighted by molar-refractivity contribution is 7.60. The lowest BCUT2D eigenvalue weighted by molar-refractivity contribution is -0.0542. The van der Waals surface area contributed by atoms with Crippen molar-refractivity contribution in [3.05, 3.63) is 33.1 Å². The number of phosphoric ester groups is 1. The molecule has 0 radical (unpaired) electrons. The smallest absolute Gasteiger partial charge is 0.387 e. The summed E-state index contributed by atoms with van der Waals surface area (Å²) in [4.78, 5) is 50.7. The minimum absolute atomic E-state index is 0.704. The van der Waals surface area contributed by atoms with Gasteiger partial charge in [0, 0.05) is 12.3 Å². The Kier molecular flexibility index (Phi) is 5.81. The van der Waals surface area contributed by atoms with Gasteiger partial charge in [0.05, 0.1) is 6.61 Å². The van der Waals surface area contributed by atoms with Crippen LogP contribution in [0.25, 0.3) is 0 Å². The molecule has 1 aliphatic heterocycles. The van der Waals surface area contributed by atoms with Crippen LogP contribution < -0.4 is 11.2 Å². The highest BCUT2D eigenvalue weighted by Crippen LogP contribution is 2.57. The first-order chi connectivity index (χ1) is 11.4. The van der Waals surface area contributed by atoms with Gasteiger partial charge in [-0.2, -0.15) is 4.31 Å². The molecule has 1 saturated heterocycles. The first-order valence-corrected chi connectivity index (χ1v) is 9.49. The SMILES string of the molecule is O=c1ccn([14C@@H]2O[C@H](COP(=O)(O)OP(=O)(O)O)[C@@H](O)[C@H]2O)c(=O)[nH]1. The molecule has 0 spiro atoms. The van der Waals surface area contributed by atoms with Crippen molar-refractivity contribution in [1.29, 1.82) is 0 Å². The third-order valence-electron chi connectivity index (χ3n) is 3.07. The van der Waals surface area contributed by atoms with Crippen LogP contribution in [0.2, 0.25) is 0 Å². The molecule has 1 aromatic rings. The second-order valence-corrected chi connectivity index (χ2v) is 7.73. The van der Waals surface area contributed by atoms with Crippen molar-refractivity contribution in [3.8, 4) is 0 Å². The Morgan fingerprint density at radius 1 is 1.28 bits per heavy atom. The predicted octanol–water partition coefficient (Wildman–Crippen LogP) is -2.62. The lowest BCUT2D eigenvalue weighted by Crippen LogP contribution is -2.37. The molecule has 142 valence electrons. The minimum atomic E-state index is -5.32. The maximum atomic E-state index is 11.7. The van der Waals surface area contributed by atoms with Crippen LogP contribution >= 0.6 is 15.6 Å². The molecule has 0 aromatic carbocycles. The van der Waals surface area contributed by atoms with Crippen molar-refractivity contribution in [3.63, 3.8) is 0 Å². The average molecular weight is 406 g/mol. The van der Waals surface area contributed by atoms with Gasteiger partial charge in [0.15, 0.2) is 6.23 Å². The van der Waals surface area contributed by atoms with Crippen molar-refractivity contribution in [2.45, 2.75) is 24.5 Å². The van der Waals surface area contributed by atoms with Crippen molar-refractivity contribution in [2.75, 3.05) is 6.61 Å². The van der Waals surface area contributed by atoms with Gasteiger partial charge in [0.2, 0.25) is 0 Å². The van der Waals surface area contributed by atoms with Gasteiger partial charge in [-0.25, -0.2) is 13.9 Å². The number of hydrogen-bond donors (Lipinski definition) is 6. The fourth-order valence-corrected chi connectivity index (χ4v) is 3.65. The molecule has 0 bridgehead atoms. The number of aliphatic hydroxyl groups excluding tert-OH is 2. The normalized spacial score (nSPS) is 29.5. The van der Waals surface area contributed by atoms with Gasteiger partial charge in [-0.05, 0) is 0 Å².